The van der Waals surface area contributed by atoms with Crippen molar-refractivity contribution in [3.8, 4) is 5.75 Å². The number of anilines is 1. The number of carbonyl (C=O) groups excluding carboxylic acids is 1. The fraction of sp³-hybridized carbons (Fsp3) is 0.304. The van der Waals surface area contributed by atoms with E-state index in [-0.39, 0.29) is 11.9 Å². The molecule has 1 saturated heterocycles. The molecule has 1 fully saturated rings. The third-order valence-corrected chi connectivity index (χ3v) is 6.33. The molecule has 30 heavy (non-hydrogen) atoms. The highest BCUT2D eigenvalue weighted by molar-refractivity contribution is 7.12. The summed E-state index contributed by atoms with van der Waals surface area (Å²) in [6.45, 7) is 4.26. The molecule has 156 valence electrons. The van der Waals surface area contributed by atoms with Crippen LogP contribution >= 0.6 is 11.3 Å². The maximum atomic E-state index is 12.5. The van der Waals surface area contributed by atoms with Crippen molar-refractivity contribution in [2.24, 2.45) is 0 Å². The Morgan fingerprint density at radius 3 is 2.57 bits per heavy atom. The maximum Gasteiger partial charge on any atom is 0.261 e. The summed E-state index contributed by atoms with van der Waals surface area (Å²) in [5, 5.41) is 5.03. The molecule has 0 bridgehead atoms. The average molecular weight is 423 g/mol. The molecule has 2 aromatic heterocycles. The Balaban J connectivity index is 1.41. The summed E-state index contributed by atoms with van der Waals surface area (Å²) in [5.74, 6) is 0.853. The lowest BCUT2D eigenvalue weighted by Crippen LogP contribution is -2.50. The molecule has 0 spiro atoms. The largest absolute Gasteiger partial charge is 0.497 e. The number of thiophene rings is 1. The van der Waals surface area contributed by atoms with Crippen LogP contribution in [-0.4, -0.2) is 55.6 Å². The molecule has 4 rings (SSSR count). The predicted molar refractivity (Wildman–Crippen MR) is 120 cm³/mol. The van der Waals surface area contributed by atoms with E-state index in [1.807, 2.05) is 41.9 Å². The highest BCUT2D eigenvalue weighted by Crippen LogP contribution is 2.25. The molecule has 1 atom stereocenters. The van der Waals surface area contributed by atoms with Crippen molar-refractivity contribution in [3.05, 3.63) is 76.7 Å². The number of piperazine rings is 1. The van der Waals surface area contributed by atoms with Crippen molar-refractivity contribution in [3.63, 3.8) is 0 Å². The van der Waals surface area contributed by atoms with Crippen molar-refractivity contribution < 1.29 is 9.53 Å². The normalized spacial score (nSPS) is 15.6. The zero-order chi connectivity index (χ0) is 20.8. The summed E-state index contributed by atoms with van der Waals surface area (Å²) in [4.78, 5) is 22.3. The lowest BCUT2D eigenvalue weighted by atomic mass is 10.1. The number of nitrogens with zero attached hydrogens (tertiary/aromatic N) is 3. The second-order valence-electron chi connectivity index (χ2n) is 7.21. The molecule has 1 aromatic carbocycles. The number of pyridine rings is 1. The van der Waals surface area contributed by atoms with E-state index in [0.29, 0.717) is 6.54 Å². The summed E-state index contributed by atoms with van der Waals surface area (Å²) in [6, 6.07) is 16.1. The SMILES string of the molecule is COc1ccc(N2CCN([C@H](CNC(=O)c3cccs3)c3cccnc3)CC2)cc1. The molecular formula is C23H26N4O2S. The van der Waals surface area contributed by atoms with E-state index in [1.165, 1.54) is 17.0 Å². The third kappa shape index (κ3) is 4.80. The van der Waals surface area contributed by atoms with Crippen molar-refractivity contribution in [2.45, 2.75) is 6.04 Å². The second-order valence-corrected chi connectivity index (χ2v) is 8.16. The summed E-state index contributed by atoms with van der Waals surface area (Å²) in [7, 11) is 1.68. The lowest BCUT2D eigenvalue weighted by molar-refractivity contribution is 0.0934. The molecule has 1 N–H and O–H groups in total. The van der Waals surface area contributed by atoms with Crippen molar-refractivity contribution in [1.29, 1.82) is 0 Å². The number of carbonyl (C=O) groups is 1. The summed E-state index contributed by atoms with van der Waals surface area (Å²) in [6.07, 6.45) is 3.68. The number of ether oxygens (including phenoxy) is 1. The van der Waals surface area contributed by atoms with Gasteiger partial charge in [-0.3, -0.25) is 14.7 Å². The second kappa shape index (κ2) is 9.73. The van der Waals surface area contributed by atoms with Crippen LogP contribution in [0.1, 0.15) is 21.3 Å². The van der Waals surface area contributed by atoms with Gasteiger partial charge in [0.2, 0.25) is 0 Å². The first-order valence-electron chi connectivity index (χ1n) is 10.1. The number of benzene rings is 1. The number of hydrogen-bond donors (Lipinski definition) is 1. The summed E-state index contributed by atoms with van der Waals surface area (Å²) < 4.78 is 5.26. The molecule has 0 aliphatic carbocycles. The van der Waals surface area contributed by atoms with Crippen LogP contribution in [0, 0.1) is 0 Å². The fourth-order valence-corrected chi connectivity index (χ4v) is 4.44. The first kappa shape index (κ1) is 20.4. The maximum absolute atomic E-state index is 12.5. The Kier molecular flexibility index (Phi) is 6.61. The molecule has 0 unspecified atom stereocenters. The Labute approximate surface area is 181 Å². The van der Waals surface area contributed by atoms with Gasteiger partial charge in [0, 0.05) is 50.8 Å². The number of rotatable bonds is 7. The first-order chi connectivity index (χ1) is 14.7. The van der Waals surface area contributed by atoms with Gasteiger partial charge in [0.05, 0.1) is 18.0 Å². The van der Waals surface area contributed by atoms with Gasteiger partial charge in [-0.05, 0) is 47.3 Å². The van der Waals surface area contributed by atoms with E-state index in [4.69, 9.17) is 4.74 Å². The van der Waals surface area contributed by atoms with Crippen LogP contribution in [0.15, 0.2) is 66.3 Å². The monoisotopic (exact) mass is 422 g/mol. The van der Waals surface area contributed by atoms with Gasteiger partial charge in [-0.2, -0.15) is 0 Å². The van der Waals surface area contributed by atoms with Gasteiger partial charge in [-0.25, -0.2) is 0 Å². The van der Waals surface area contributed by atoms with E-state index in [1.54, 1.807) is 13.3 Å². The lowest BCUT2D eigenvalue weighted by Gasteiger charge is -2.40. The van der Waals surface area contributed by atoms with Crippen molar-refractivity contribution >= 4 is 22.9 Å². The van der Waals surface area contributed by atoms with Gasteiger partial charge >= 0.3 is 0 Å². The number of nitrogens with one attached hydrogen (secondary N) is 1. The van der Waals surface area contributed by atoms with Crippen LogP contribution in [0.5, 0.6) is 5.75 Å². The smallest absolute Gasteiger partial charge is 0.261 e. The van der Waals surface area contributed by atoms with Crippen LogP contribution in [-0.2, 0) is 0 Å². The standard InChI is InChI=1S/C23H26N4O2S/c1-29-20-8-6-19(7-9-20)26-11-13-27(14-12-26)21(18-4-2-10-24-16-18)17-25-23(28)22-5-3-15-30-22/h2-10,15-16,21H,11-14,17H2,1H3,(H,25,28)/t21-/m1/s1. The number of hydrogen-bond acceptors (Lipinski definition) is 6. The molecule has 1 aliphatic heterocycles. The molecular weight excluding hydrogens is 396 g/mol. The Hall–Kier alpha value is -2.90. The topological polar surface area (TPSA) is 57.7 Å². The number of methoxy groups -OCH3 is 1. The van der Waals surface area contributed by atoms with Crippen molar-refractivity contribution in [1.82, 2.24) is 15.2 Å². The van der Waals surface area contributed by atoms with E-state index in [0.717, 1.165) is 42.4 Å². The molecule has 0 saturated carbocycles. The molecule has 0 radical (unpaired) electrons. The number of aromatic nitrogens is 1. The van der Waals surface area contributed by atoms with Crippen LogP contribution < -0.4 is 15.0 Å². The van der Waals surface area contributed by atoms with E-state index in [2.05, 4.69) is 38.3 Å². The van der Waals surface area contributed by atoms with Gasteiger partial charge in [0.15, 0.2) is 0 Å². The molecule has 1 aliphatic rings. The number of amides is 1. The minimum Gasteiger partial charge on any atom is -0.497 e. The van der Waals surface area contributed by atoms with Gasteiger partial charge in [-0.15, -0.1) is 11.3 Å². The zero-order valence-electron chi connectivity index (χ0n) is 17.0. The Morgan fingerprint density at radius 2 is 1.93 bits per heavy atom. The van der Waals surface area contributed by atoms with Gasteiger partial charge < -0.3 is 15.0 Å². The summed E-state index contributed by atoms with van der Waals surface area (Å²) in [5.41, 5.74) is 2.33. The van der Waals surface area contributed by atoms with Crippen LogP contribution in [0.25, 0.3) is 0 Å². The Bertz CT molecular complexity index is 924. The first-order valence-corrected chi connectivity index (χ1v) is 11.0. The van der Waals surface area contributed by atoms with E-state index < -0.39 is 0 Å². The van der Waals surface area contributed by atoms with Crippen LogP contribution in [0.3, 0.4) is 0 Å². The molecule has 3 heterocycles. The van der Waals surface area contributed by atoms with Crippen LogP contribution in [0.2, 0.25) is 0 Å². The minimum absolute atomic E-state index is 0.0178. The molecule has 3 aromatic rings. The quantitative estimate of drug-likeness (QED) is 0.632. The van der Waals surface area contributed by atoms with Crippen molar-refractivity contribution in [2.75, 3.05) is 44.7 Å². The van der Waals surface area contributed by atoms with E-state index in [9.17, 15) is 4.79 Å². The average Bonchev–Trinajstić information content (AvgIpc) is 3.36. The van der Waals surface area contributed by atoms with E-state index >= 15 is 0 Å². The highest BCUT2D eigenvalue weighted by atomic mass is 32.1. The Morgan fingerprint density at radius 1 is 1.13 bits per heavy atom. The molecule has 1 amide bonds. The predicted octanol–water partition coefficient (Wildman–Crippen LogP) is 3.45. The van der Waals surface area contributed by atoms with Gasteiger partial charge in [-0.1, -0.05) is 12.1 Å². The van der Waals surface area contributed by atoms with Gasteiger partial charge in [0.1, 0.15) is 5.75 Å². The van der Waals surface area contributed by atoms with Gasteiger partial charge in [0.25, 0.3) is 5.91 Å². The highest BCUT2D eigenvalue weighted by Gasteiger charge is 2.26. The fourth-order valence-electron chi connectivity index (χ4n) is 3.80. The molecule has 7 heteroatoms. The van der Waals surface area contributed by atoms with Crippen LogP contribution in [0.4, 0.5) is 5.69 Å². The summed E-state index contributed by atoms with van der Waals surface area (Å²) >= 11 is 1.46. The zero-order valence-corrected chi connectivity index (χ0v) is 17.8. The molecule has 6 nitrogen and oxygen atoms in total. The third-order valence-electron chi connectivity index (χ3n) is 5.46. The minimum atomic E-state index is -0.0178.